The Kier molecular flexibility index (Phi) is 4.40. The van der Waals surface area contributed by atoms with Crippen LogP contribution >= 0.6 is 11.6 Å². The number of fused-ring (bicyclic) bond motifs is 2. The van der Waals surface area contributed by atoms with Gasteiger partial charge in [0.1, 0.15) is 5.75 Å². The van der Waals surface area contributed by atoms with Gasteiger partial charge in [-0.1, -0.05) is 35.9 Å². The average molecular weight is 394 g/mol. The van der Waals surface area contributed by atoms with Gasteiger partial charge in [0.2, 0.25) is 5.91 Å². The highest BCUT2D eigenvalue weighted by Gasteiger charge is 2.57. The normalized spacial score (nSPS) is 25.3. The number of hydrogen-bond donors (Lipinski definition) is 1. The van der Waals surface area contributed by atoms with E-state index in [2.05, 4.69) is 15.5 Å². The zero-order chi connectivity index (χ0) is 19.1. The average Bonchev–Trinajstić information content (AvgIpc) is 3.13. The fourth-order valence-corrected chi connectivity index (χ4v) is 4.51. The number of halogens is 1. The SMILES string of the molecule is O=C(Cc1ccc(Cl)cc1)N[C@H]1[C@@H]2C[C@@H](Oc3cnnc4ccccc34)C[C@@H]21. The van der Waals surface area contributed by atoms with Crippen molar-refractivity contribution in [3.63, 3.8) is 0 Å². The number of hydrogen-bond acceptors (Lipinski definition) is 4. The van der Waals surface area contributed by atoms with Gasteiger partial charge in [-0.2, -0.15) is 10.2 Å². The smallest absolute Gasteiger partial charge is 0.224 e. The first-order chi connectivity index (χ1) is 13.7. The highest BCUT2D eigenvalue weighted by atomic mass is 35.5. The van der Waals surface area contributed by atoms with Crippen LogP contribution in [0.15, 0.2) is 54.7 Å². The van der Waals surface area contributed by atoms with Crippen molar-refractivity contribution in [2.24, 2.45) is 11.8 Å². The molecule has 0 unspecified atom stereocenters. The summed E-state index contributed by atoms with van der Waals surface area (Å²) in [7, 11) is 0. The summed E-state index contributed by atoms with van der Waals surface area (Å²) in [4.78, 5) is 12.3. The van der Waals surface area contributed by atoms with Crippen LogP contribution in [0.1, 0.15) is 18.4 Å². The minimum absolute atomic E-state index is 0.0727. The van der Waals surface area contributed by atoms with Gasteiger partial charge >= 0.3 is 0 Å². The Labute approximate surface area is 168 Å². The van der Waals surface area contributed by atoms with Gasteiger partial charge in [0.25, 0.3) is 0 Å². The van der Waals surface area contributed by atoms with Crippen molar-refractivity contribution in [1.82, 2.24) is 15.5 Å². The lowest BCUT2D eigenvalue weighted by molar-refractivity contribution is -0.120. The quantitative estimate of drug-likeness (QED) is 0.716. The van der Waals surface area contributed by atoms with Crippen LogP contribution in [0.3, 0.4) is 0 Å². The highest BCUT2D eigenvalue weighted by molar-refractivity contribution is 6.30. The summed E-state index contributed by atoms with van der Waals surface area (Å²) in [5, 5.41) is 13.0. The summed E-state index contributed by atoms with van der Waals surface area (Å²) in [6.45, 7) is 0. The number of benzene rings is 2. The number of nitrogens with one attached hydrogen (secondary N) is 1. The molecule has 2 saturated carbocycles. The Hall–Kier alpha value is -2.66. The number of carbonyl (C=O) groups excluding carboxylic acids is 1. The first kappa shape index (κ1) is 17.4. The molecule has 28 heavy (non-hydrogen) atoms. The van der Waals surface area contributed by atoms with E-state index in [4.69, 9.17) is 16.3 Å². The van der Waals surface area contributed by atoms with Gasteiger partial charge < -0.3 is 10.1 Å². The molecular formula is C22H20ClN3O2. The second-order valence-corrected chi connectivity index (χ2v) is 8.10. The van der Waals surface area contributed by atoms with Crippen LogP contribution in [0.4, 0.5) is 0 Å². The third kappa shape index (κ3) is 3.42. The number of carbonyl (C=O) groups is 1. The van der Waals surface area contributed by atoms with Crippen molar-refractivity contribution in [2.45, 2.75) is 31.4 Å². The minimum atomic E-state index is 0.0727. The van der Waals surface area contributed by atoms with E-state index in [1.165, 1.54) is 0 Å². The van der Waals surface area contributed by atoms with Gasteiger partial charge in [-0.25, -0.2) is 0 Å². The lowest BCUT2D eigenvalue weighted by Crippen LogP contribution is -2.32. The van der Waals surface area contributed by atoms with Crippen LogP contribution in [0.25, 0.3) is 10.9 Å². The second-order valence-electron chi connectivity index (χ2n) is 7.66. The molecule has 5 rings (SSSR count). The van der Waals surface area contributed by atoms with Gasteiger partial charge in [-0.15, -0.1) is 0 Å². The van der Waals surface area contributed by atoms with E-state index in [1.807, 2.05) is 48.5 Å². The van der Waals surface area contributed by atoms with Crippen molar-refractivity contribution < 1.29 is 9.53 Å². The summed E-state index contributed by atoms with van der Waals surface area (Å²) in [5.41, 5.74) is 1.82. The highest BCUT2D eigenvalue weighted by Crippen LogP contribution is 2.53. The molecule has 0 bridgehead atoms. The number of rotatable bonds is 5. The first-order valence-electron chi connectivity index (χ1n) is 9.58. The molecular weight excluding hydrogens is 374 g/mol. The number of ether oxygens (including phenoxy) is 1. The van der Waals surface area contributed by atoms with E-state index in [9.17, 15) is 4.79 Å². The first-order valence-corrected chi connectivity index (χ1v) is 9.96. The van der Waals surface area contributed by atoms with E-state index in [-0.39, 0.29) is 18.1 Å². The maximum Gasteiger partial charge on any atom is 0.224 e. The summed E-state index contributed by atoms with van der Waals surface area (Å²) < 4.78 is 6.22. The fraction of sp³-hybridized carbons (Fsp3) is 0.318. The van der Waals surface area contributed by atoms with Crippen LogP contribution in [-0.2, 0) is 11.2 Å². The Balaban J connectivity index is 1.15. The predicted molar refractivity (Wildman–Crippen MR) is 107 cm³/mol. The van der Waals surface area contributed by atoms with Crippen LogP contribution in [0.5, 0.6) is 5.75 Å². The van der Waals surface area contributed by atoms with Crippen LogP contribution < -0.4 is 10.1 Å². The maximum absolute atomic E-state index is 12.3. The molecule has 1 aromatic heterocycles. The van der Waals surface area contributed by atoms with Gasteiger partial charge in [0.05, 0.1) is 24.2 Å². The molecule has 0 saturated heterocycles. The summed E-state index contributed by atoms with van der Waals surface area (Å²) >= 11 is 5.89. The Morgan fingerprint density at radius 3 is 2.64 bits per heavy atom. The van der Waals surface area contributed by atoms with E-state index >= 15 is 0 Å². The topological polar surface area (TPSA) is 64.1 Å². The molecule has 5 nitrogen and oxygen atoms in total. The lowest BCUT2D eigenvalue weighted by atomic mass is 10.1. The van der Waals surface area contributed by atoms with Crippen molar-refractivity contribution in [1.29, 1.82) is 0 Å². The van der Waals surface area contributed by atoms with Crippen LogP contribution in [-0.4, -0.2) is 28.3 Å². The summed E-state index contributed by atoms with van der Waals surface area (Å²) in [6, 6.07) is 15.6. The molecule has 4 atom stereocenters. The Bertz CT molecular complexity index is 1010. The van der Waals surface area contributed by atoms with Gasteiger partial charge in [-0.05, 0) is 54.5 Å². The monoisotopic (exact) mass is 393 g/mol. The standard InChI is InChI=1S/C22H20ClN3O2/c23-14-7-5-13(6-8-14)9-21(27)25-22-17-10-15(11-18(17)22)28-20-12-24-26-19-4-2-1-3-16(19)20/h1-8,12,15,17-18,22H,9-11H2,(H,25,27)/t15-,17-,18+,22+. The third-order valence-corrected chi connectivity index (χ3v) is 6.06. The molecule has 1 amide bonds. The Morgan fingerprint density at radius 2 is 1.86 bits per heavy atom. The minimum Gasteiger partial charge on any atom is -0.488 e. The molecule has 6 heteroatoms. The molecule has 142 valence electrons. The number of amides is 1. The fourth-order valence-electron chi connectivity index (χ4n) is 4.38. The molecule has 2 fully saturated rings. The van der Waals surface area contributed by atoms with Crippen molar-refractivity contribution in [3.8, 4) is 5.75 Å². The van der Waals surface area contributed by atoms with Crippen LogP contribution in [0.2, 0.25) is 5.02 Å². The molecule has 1 N–H and O–H groups in total. The molecule has 3 aromatic rings. The zero-order valence-electron chi connectivity index (χ0n) is 15.2. The van der Waals surface area contributed by atoms with E-state index in [0.717, 1.165) is 35.1 Å². The molecule has 0 aliphatic heterocycles. The predicted octanol–water partition coefficient (Wildman–Crippen LogP) is 3.80. The number of nitrogens with zero attached hydrogens (tertiary/aromatic N) is 2. The molecule has 2 aromatic carbocycles. The maximum atomic E-state index is 12.3. The summed E-state index contributed by atoms with van der Waals surface area (Å²) in [6.07, 6.45) is 4.19. The largest absolute Gasteiger partial charge is 0.488 e. The van der Waals surface area contributed by atoms with Gasteiger partial charge in [0, 0.05) is 16.5 Å². The molecule has 2 aliphatic carbocycles. The molecule has 1 heterocycles. The second kappa shape index (κ2) is 7.06. The van der Waals surface area contributed by atoms with Crippen molar-refractivity contribution in [3.05, 3.63) is 65.3 Å². The van der Waals surface area contributed by atoms with Crippen LogP contribution in [0, 0.1) is 11.8 Å². The van der Waals surface area contributed by atoms with Crippen molar-refractivity contribution >= 4 is 28.4 Å². The van der Waals surface area contributed by atoms with Crippen molar-refractivity contribution in [2.75, 3.05) is 0 Å². The Morgan fingerprint density at radius 1 is 1.11 bits per heavy atom. The number of aromatic nitrogens is 2. The molecule has 2 aliphatic rings. The molecule has 0 radical (unpaired) electrons. The molecule has 0 spiro atoms. The summed E-state index contributed by atoms with van der Waals surface area (Å²) in [5.74, 6) is 1.89. The van der Waals surface area contributed by atoms with E-state index in [0.29, 0.717) is 23.3 Å². The zero-order valence-corrected chi connectivity index (χ0v) is 16.0. The van der Waals surface area contributed by atoms with E-state index < -0.39 is 0 Å². The van der Waals surface area contributed by atoms with E-state index in [1.54, 1.807) is 6.20 Å². The van der Waals surface area contributed by atoms with Gasteiger partial charge in [-0.3, -0.25) is 4.79 Å². The third-order valence-electron chi connectivity index (χ3n) is 5.81. The van der Waals surface area contributed by atoms with Gasteiger partial charge in [0.15, 0.2) is 0 Å². The lowest BCUT2D eigenvalue weighted by Gasteiger charge is -2.18.